The Kier molecular flexibility index (Phi) is 10.4. The van der Waals surface area contributed by atoms with Crippen LogP contribution in [0.1, 0.15) is 21.7 Å². The molecule has 9 nitrogen and oxygen atoms in total. The Hall–Kier alpha value is -3.98. The van der Waals surface area contributed by atoms with Crippen molar-refractivity contribution in [3.05, 3.63) is 77.7 Å². The average molecular weight is 511 g/mol. The van der Waals surface area contributed by atoms with Gasteiger partial charge < -0.3 is 33.2 Å². The highest BCUT2D eigenvalue weighted by atomic mass is 16.5. The second-order valence-corrected chi connectivity index (χ2v) is 8.29. The third-order valence-electron chi connectivity index (χ3n) is 5.89. The molecule has 0 bridgehead atoms. The maximum absolute atomic E-state index is 13.5. The van der Waals surface area contributed by atoms with Gasteiger partial charge in [0.1, 0.15) is 18.1 Å². The Morgan fingerprint density at radius 1 is 0.838 bits per heavy atom. The molecule has 0 aliphatic rings. The molecule has 0 saturated heterocycles. The number of amides is 2. The highest BCUT2D eigenvalue weighted by Gasteiger charge is 2.23. The van der Waals surface area contributed by atoms with Crippen molar-refractivity contribution in [2.24, 2.45) is 0 Å². The van der Waals surface area contributed by atoms with Crippen LogP contribution < -0.4 is 14.2 Å². The molecule has 3 rings (SSSR count). The van der Waals surface area contributed by atoms with E-state index in [0.717, 1.165) is 5.56 Å². The minimum atomic E-state index is -0.276. The van der Waals surface area contributed by atoms with Crippen molar-refractivity contribution < 1.29 is 33.0 Å². The van der Waals surface area contributed by atoms with Crippen LogP contribution >= 0.6 is 0 Å². The van der Waals surface area contributed by atoms with Gasteiger partial charge in [-0.05, 0) is 54.4 Å². The highest BCUT2D eigenvalue weighted by molar-refractivity contribution is 5.96. The highest BCUT2D eigenvalue weighted by Crippen LogP contribution is 2.28. The molecule has 1 heterocycles. The molecule has 198 valence electrons. The van der Waals surface area contributed by atoms with Gasteiger partial charge in [-0.2, -0.15) is 0 Å². The zero-order valence-electron chi connectivity index (χ0n) is 21.8. The summed E-state index contributed by atoms with van der Waals surface area (Å²) in [5.74, 6) is 2.01. The van der Waals surface area contributed by atoms with E-state index >= 15 is 0 Å². The van der Waals surface area contributed by atoms with Crippen LogP contribution in [0.25, 0.3) is 0 Å². The van der Waals surface area contributed by atoms with Crippen molar-refractivity contribution in [2.75, 3.05) is 54.7 Å². The first-order valence-electron chi connectivity index (χ1n) is 11.9. The van der Waals surface area contributed by atoms with Crippen molar-refractivity contribution in [3.8, 4) is 17.2 Å². The molecule has 0 aliphatic heterocycles. The minimum Gasteiger partial charge on any atom is -0.497 e. The number of benzene rings is 2. The van der Waals surface area contributed by atoms with Crippen molar-refractivity contribution in [3.63, 3.8) is 0 Å². The molecule has 0 fully saturated rings. The predicted octanol–water partition coefficient (Wildman–Crippen LogP) is 3.67. The quantitative estimate of drug-likeness (QED) is 0.327. The fourth-order valence-electron chi connectivity index (χ4n) is 3.84. The lowest BCUT2D eigenvalue weighted by Crippen LogP contribution is -2.44. The van der Waals surface area contributed by atoms with E-state index in [9.17, 15) is 9.59 Å². The Morgan fingerprint density at radius 3 is 2.32 bits per heavy atom. The first-order valence-corrected chi connectivity index (χ1v) is 11.9. The largest absolute Gasteiger partial charge is 0.497 e. The smallest absolute Gasteiger partial charge is 0.254 e. The summed E-state index contributed by atoms with van der Waals surface area (Å²) in [7, 11) is 6.27. The van der Waals surface area contributed by atoms with E-state index in [-0.39, 0.29) is 31.4 Å². The molecule has 3 aromatic rings. The van der Waals surface area contributed by atoms with E-state index in [0.29, 0.717) is 48.1 Å². The normalized spacial score (nSPS) is 10.6. The van der Waals surface area contributed by atoms with Gasteiger partial charge in [-0.3, -0.25) is 9.59 Å². The molecule has 9 heteroatoms. The third-order valence-corrected chi connectivity index (χ3v) is 5.89. The standard InChI is InChI=1S/C28H34N2O7/c1-33-16-14-30(28(32)22-7-5-8-23(18-22)34-2)20-27(31)29(19-24-9-6-15-37-24)13-12-21-10-11-25(35-3)26(17-21)36-4/h5-11,15,17-18H,12-14,16,19-20H2,1-4H3. The maximum Gasteiger partial charge on any atom is 0.254 e. The molecular weight excluding hydrogens is 476 g/mol. The van der Waals surface area contributed by atoms with Crippen LogP contribution in [0.4, 0.5) is 0 Å². The van der Waals surface area contributed by atoms with Crippen LogP contribution in [0.2, 0.25) is 0 Å². The first kappa shape index (κ1) is 27.6. The summed E-state index contributed by atoms with van der Waals surface area (Å²) in [6, 6.07) is 16.1. The number of nitrogens with zero attached hydrogens (tertiary/aromatic N) is 2. The minimum absolute atomic E-state index is 0.105. The second kappa shape index (κ2) is 13.9. The van der Waals surface area contributed by atoms with Crippen LogP contribution in [0.5, 0.6) is 17.2 Å². The number of hydrogen-bond acceptors (Lipinski definition) is 7. The molecule has 2 aromatic carbocycles. The van der Waals surface area contributed by atoms with Crippen molar-refractivity contribution in [2.45, 2.75) is 13.0 Å². The van der Waals surface area contributed by atoms with Gasteiger partial charge in [0.15, 0.2) is 11.5 Å². The van der Waals surface area contributed by atoms with Gasteiger partial charge in [-0.1, -0.05) is 12.1 Å². The molecular formula is C28H34N2O7. The molecule has 0 saturated carbocycles. The summed E-state index contributed by atoms with van der Waals surface area (Å²) in [4.78, 5) is 30.0. The monoisotopic (exact) mass is 510 g/mol. The lowest BCUT2D eigenvalue weighted by molar-refractivity contribution is -0.132. The zero-order valence-corrected chi connectivity index (χ0v) is 21.8. The molecule has 0 N–H and O–H groups in total. The summed E-state index contributed by atoms with van der Waals surface area (Å²) in [6.45, 7) is 1.16. The number of ether oxygens (including phenoxy) is 4. The predicted molar refractivity (Wildman–Crippen MR) is 138 cm³/mol. The lowest BCUT2D eigenvalue weighted by atomic mass is 10.1. The van der Waals surface area contributed by atoms with Crippen LogP contribution in [0.15, 0.2) is 65.3 Å². The molecule has 0 aliphatic carbocycles. The van der Waals surface area contributed by atoms with E-state index in [4.69, 9.17) is 23.4 Å². The molecule has 37 heavy (non-hydrogen) atoms. The van der Waals surface area contributed by atoms with Crippen LogP contribution in [0, 0.1) is 0 Å². The molecule has 0 spiro atoms. The Morgan fingerprint density at radius 2 is 1.65 bits per heavy atom. The topological polar surface area (TPSA) is 90.7 Å². The number of carbonyl (C=O) groups excluding carboxylic acids is 2. The summed E-state index contributed by atoms with van der Waals surface area (Å²) in [5.41, 5.74) is 1.42. The van der Waals surface area contributed by atoms with Gasteiger partial charge in [0.2, 0.25) is 5.91 Å². The molecule has 0 unspecified atom stereocenters. The average Bonchev–Trinajstić information content (AvgIpc) is 3.45. The van der Waals surface area contributed by atoms with Gasteiger partial charge >= 0.3 is 0 Å². The Balaban J connectivity index is 1.78. The van der Waals surface area contributed by atoms with Gasteiger partial charge in [-0.15, -0.1) is 0 Å². The van der Waals surface area contributed by atoms with Crippen molar-refractivity contribution >= 4 is 11.8 Å². The van der Waals surface area contributed by atoms with E-state index < -0.39 is 0 Å². The SMILES string of the molecule is COCCN(CC(=O)N(CCc1ccc(OC)c(OC)c1)Cc1ccco1)C(=O)c1cccc(OC)c1. The lowest BCUT2D eigenvalue weighted by Gasteiger charge is -2.27. The number of carbonyl (C=O) groups is 2. The van der Waals surface area contributed by atoms with E-state index in [1.54, 1.807) is 69.9 Å². The van der Waals surface area contributed by atoms with E-state index in [1.807, 2.05) is 24.3 Å². The van der Waals surface area contributed by atoms with Crippen LogP contribution in [-0.2, 0) is 22.5 Å². The summed E-state index contributed by atoms with van der Waals surface area (Å²) < 4.78 is 26.7. The summed E-state index contributed by atoms with van der Waals surface area (Å²) in [6.07, 6.45) is 2.15. The fourth-order valence-corrected chi connectivity index (χ4v) is 3.84. The third kappa shape index (κ3) is 7.75. The number of rotatable bonds is 14. The maximum atomic E-state index is 13.5. The second-order valence-electron chi connectivity index (χ2n) is 8.29. The zero-order chi connectivity index (χ0) is 26.6. The van der Waals surface area contributed by atoms with Crippen molar-refractivity contribution in [1.29, 1.82) is 0 Å². The van der Waals surface area contributed by atoms with Gasteiger partial charge in [-0.25, -0.2) is 0 Å². The molecule has 2 amide bonds. The van der Waals surface area contributed by atoms with E-state index in [2.05, 4.69) is 0 Å². The van der Waals surface area contributed by atoms with Crippen LogP contribution in [0.3, 0.4) is 0 Å². The Labute approximate surface area is 217 Å². The number of hydrogen-bond donors (Lipinski definition) is 0. The fraction of sp³-hybridized carbons (Fsp3) is 0.357. The molecule has 0 atom stereocenters. The van der Waals surface area contributed by atoms with Crippen molar-refractivity contribution in [1.82, 2.24) is 9.80 Å². The van der Waals surface area contributed by atoms with E-state index in [1.165, 1.54) is 4.90 Å². The van der Waals surface area contributed by atoms with Gasteiger partial charge in [0.25, 0.3) is 5.91 Å². The number of furan rings is 1. The summed E-state index contributed by atoms with van der Waals surface area (Å²) in [5, 5.41) is 0. The van der Waals surface area contributed by atoms with Crippen LogP contribution in [-0.4, -0.2) is 76.3 Å². The first-order chi connectivity index (χ1) is 18.0. The summed E-state index contributed by atoms with van der Waals surface area (Å²) >= 11 is 0. The molecule has 1 aromatic heterocycles. The van der Waals surface area contributed by atoms with Gasteiger partial charge in [0, 0.05) is 25.8 Å². The molecule has 0 radical (unpaired) electrons. The Bertz CT molecular complexity index is 1150. The number of methoxy groups -OCH3 is 4. The van der Waals surface area contributed by atoms with Gasteiger partial charge in [0.05, 0.1) is 40.7 Å².